The summed E-state index contributed by atoms with van der Waals surface area (Å²) in [7, 11) is 0. The van der Waals surface area contributed by atoms with Crippen LogP contribution in [0.5, 0.6) is 0 Å². The molecule has 0 spiro atoms. The Hall–Kier alpha value is -3.09. The van der Waals surface area contributed by atoms with Crippen LogP contribution in [0.3, 0.4) is 0 Å². The van der Waals surface area contributed by atoms with Crippen LogP contribution in [0.15, 0.2) is 99.9 Å². The molecule has 0 radical (unpaired) electrons. The summed E-state index contributed by atoms with van der Waals surface area (Å²) in [5.41, 5.74) is 25.7. The van der Waals surface area contributed by atoms with Crippen molar-refractivity contribution in [2.75, 3.05) is 0 Å². The SMILES string of the molecule is CCC1C=C(C(C)(C)C)C=[C]1/[Zr+2](=[C](/C)c1ccccc1)[CH]1c2cc(-c3c(C)cc(C)cc3C)c(C(C)(C)C)cc2-c2cc(C(C)(C)C)c(-c3c(C)cc(C)cc3C)cc21.[Cl-].[Cl-]. The number of aryl methyl sites for hydroxylation is 6. The van der Waals surface area contributed by atoms with Gasteiger partial charge in [0.1, 0.15) is 0 Å². The van der Waals surface area contributed by atoms with E-state index in [1.165, 1.54) is 89.0 Å². The van der Waals surface area contributed by atoms with E-state index in [1.54, 1.807) is 17.6 Å². The third kappa shape index (κ3) is 9.16. The van der Waals surface area contributed by atoms with Crippen molar-refractivity contribution in [2.24, 2.45) is 11.3 Å². The van der Waals surface area contributed by atoms with E-state index in [1.807, 2.05) is 0 Å². The van der Waals surface area contributed by atoms with Gasteiger partial charge in [-0.25, -0.2) is 0 Å². The molecule has 0 aliphatic heterocycles. The fourth-order valence-corrected chi connectivity index (χ4v) is 20.0. The van der Waals surface area contributed by atoms with E-state index in [0.29, 0.717) is 9.54 Å². The fourth-order valence-electron chi connectivity index (χ4n) is 10.7. The maximum absolute atomic E-state index is 2.91. The number of rotatable bonds is 6. The summed E-state index contributed by atoms with van der Waals surface area (Å²) in [6.07, 6.45) is 6.51. The van der Waals surface area contributed by atoms with Gasteiger partial charge >= 0.3 is 369 Å². The number of halogens is 2. The second-order valence-corrected chi connectivity index (χ2v) is 28.1. The van der Waals surface area contributed by atoms with E-state index < -0.39 is 21.3 Å². The molecular formula is C58H70Cl2Zr. The van der Waals surface area contributed by atoms with Crippen LogP contribution < -0.4 is 24.8 Å². The Balaban J connectivity index is 0.00000352. The van der Waals surface area contributed by atoms with Crippen molar-refractivity contribution in [2.45, 2.75) is 139 Å². The second kappa shape index (κ2) is 17.8. The first-order valence-electron chi connectivity index (χ1n) is 22.2. The molecule has 0 saturated heterocycles. The molecular weight excluding hydrogens is 859 g/mol. The summed E-state index contributed by atoms with van der Waals surface area (Å²) in [4.78, 5) is 0. The van der Waals surface area contributed by atoms with Crippen LogP contribution in [0.25, 0.3) is 33.4 Å². The first kappa shape index (κ1) is 48.9. The van der Waals surface area contributed by atoms with Gasteiger partial charge in [-0.05, 0) is 0 Å². The summed E-state index contributed by atoms with van der Waals surface area (Å²) >= 11 is -2.91. The monoisotopic (exact) mass is 926 g/mol. The van der Waals surface area contributed by atoms with Gasteiger partial charge in [-0.3, -0.25) is 0 Å². The van der Waals surface area contributed by atoms with Crippen LogP contribution in [0, 0.1) is 52.9 Å². The van der Waals surface area contributed by atoms with Crippen LogP contribution in [0.4, 0.5) is 0 Å². The minimum absolute atomic E-state index is 0. The van der Waals surface area contributed by atoms with Gasteiger partial charge in [0.05, 0.1) is 0 Å². The molecule has 7 rings (SSSR count). The summed E-state index contributed by atoms with van der Waals surface area (Å²) in [5.74, 6) is 0.467. The Morgan fingerprint density at radius 2 is 0.951 bits per heavy atom. The van der Waals surface area contributed by atoms with Crippen molar-refractivity contribution < 1.29 is 46.1 Å². The molecule has 0 fully saturated rings. The van der Waals surface area contributed by atoms with Crippen LogP contribution in [0.1, 0.15) is 147 Å². The molecule has 5 aromatic carbocycles. The number of fused-ring (bicyclic) bond motifs is 3. The number of hydrogen-bond acceptors (Lipinski definition) is 0. The molecule has 0 bridgehead atoms. The average molecular weight is 929 g/mol. The summed E-state index contributed by atoms with van der Waals surface area (Å²) in [5, 5.41) is 0. The van der Waals surface area contributed by atoms with Crippen LogP contribution in [-0.2, 0) is 32.1 Å². The summed E-state index contributed by atoms with van der Waals surface area (Å²) in [6, 6.07) is 31.8. The molecule has 5 aromatic rings. The van der Waals surface area contributed by atoms with Gasteiger partial charge in [-0.15, -0.1) is 0 Å². The molecule has 0 amide bonds. The van der Waals surface area contributed by atoms with Gasteiger partial charge in [0.2, 0.25) is 0 Å². The van der Waals surface area contributed by atoms with Crippen molar-refractivity contribution in [3.05, 3.63) is 161 Å². The topological polar surface area (TPSA) is 0 Å². The van der Waals surface area contributed by atoms with Crippen molar-refractivity contribution in [3.63, 3.8) is 0 Å². The molecule has 320 valence electrons. The minimum Gasteiger partial charge on any atom is -1.00 e. The zero-order valence-electron chi connectivity index (χ0n) is 40.3. The molecule has 0 nitrogen and oxygen atoms in total. The molecule has 0 aromatic heterocycles. The zero-order chi connectivity index (χ0) is 43.1. The quantitative estimate of drug-likeness (QED) is 0.159. The van der Waals surface area contributed by atoms with E-state index in [4.69, 9.17) is 0 Å². The molecule has 61 heavy (non-hydrogen) atoms. The Bertz CT molecular complexity index is 2420. The Kier molecular flexibility index (Phi) is 14.3. The third-order valence-electron chi connectivity index (χ3n) is 13.4. The summed E-state index contributed by atoms with van der Waals surface area (Å²) in [6.45, 7) is 40.5. The van der Waals surface area contributed by atoms with Crippen LogP contribution >= 0.6 is 0 Å². The smallest absolute Gasteiger partial charge is 1.00 e. The number of allylic oxidation sites excluding steroid dienone is 4. The second-order valence-electron chi connectivity index (χ2n) is 21.3. The van der Waals surface area contributed by atoms with E-state index in [-0.39, 0.29) is 41.1 Å². The molecule has 2 aliphatic rings. The standard InChI is InChI=1S/C39H45.C11H17.C8H8.2ClH.Zr/c1-22-13-24(3)36(25(4)14-22)32-18-28-17-29-19-33(37-26(5)15-23(2)16-27(37)6)35(39(10,11)12)21-31(29)30(28)20-34(32)38(7,8)9;1-5-9-6-7-10(8-9)11(2,3)4;1-2-8-6-4-3-5-7-8;;;/h13-21H,1-12H3;7-9H,5H2,1-4H3;3-7H,1H3;2*1H;/q;;;;;+2/p-2. The van der Waals surface area contributed by atoms with E-state index >= 15 is 0 Å². The van der Waals surface area contributed by atoms with Crippen molar-refractivity contribution in [3.8, 4) is 33.4 Å². The predicted octanol–water partition coefficient (Wildman–Crippen LogP) is 10.3. The van der Waals surface area contributed by atoms with Crippen molar-refractivity contribution in [1.82, 2.24) is 0 Å². The van der Waals surface area contributed by atoms with Gasteiger partial charge < -0.3 is 24.8 Å². The first-order chi connectivity index (χ1) is 27.5. The molecule has 1 unspecified atom stereocenters. The van der Waals surface area contributed by atoms with Crippen LogP contribution in [0.2, 0.25) is 0 Å². The largest absolute Gasteiger partial charge is 1.00 e. The maximum atomic E-state index is 2.72. The summed E-state index contributed by atoms with van der Waals surface area (Å²) < 4.78 is 3.74. The first-order valence-corrected chi connectivity index (χ1v) is 26.1. The third-order valence-corrected chi connectivity index (χ3v) is 21.8. The molecule has 0 saturated carbocycles. The van der Waals surface area contributed by atoms with Crippen molar-refractivity contribution >= 4 is 3.21 Å². The zero-order valence-corrected chi connectivity index (χ0v) is 44.2. The van der Waals surface area contributed by atoms with E-state index in [9.17, 15) is 0 Å². The van der Waals surface area contributed by atoms with Gasteiger partial charge in [0, 0.05) is 0 Å². The van der Waals surface area contributed by atoms with Gasteiger partial charge in [-0.1, -0.05) is 0 Å². The van der Waals surface area contributed by atoms with E-state index in [2.05, 4.69) is 209 Å². The molecule has 0 N–H and O–H groups in total. The fraction of sp³-hybridized carbons (Fsp3) is 0.397. The number of benzene rings is 5. The molecule has 3 heteroatoms. The minimum atomic E-state index is -2.91. The molecule has 0 heterocycles. The Morgan fingerprint density at radius 3 is 1.31 bits per heavy atom. The van der Waals surface area contributed by atoms with Gasteiger partial charge in [-0.2, -0.15) is 0 Å². The molecule has 1 atom stereocenters. The predicted molar refractivity (Wildman–Crippen MR) is 256 cm³/mol. The normalized spacial score (nSPS) is 15.4. The van der Waals surface area contributed by atoms with E-state index in [0.717, 1.165) is 6.42 Å². The van der Waals surface area contributed by atoms with Gasteiger partial charge in [0.15, 0.2) is 0 Å². The van der Waals surface area contributed by atoms with Gasteiger partial charge in [0.25, 0.3) is 0 Å². The average Bonchev–Trinajstić information content (AvgIpc) is 3.69. The Morgan fingerprint density at radius 1 is 0.541 bits per heavy atom. The van der Waals surface area contributed by atoms with Crippen LogP contribution in [-0.4, -0.2) is 3.21 Å². The maximum Gasteiger partial charge on any atom is -1.00 e. The Labute approximate surface area is 390 Å². The number of hydrogen-bond donors (Lipinski definition) is 0. The molecule has 2 aliphatic carbocycles. The van der Waals surface area contributed by atoms with Crippen molar-refractivity contribution in [1.29, 1.82) is 0 Å².